The molecule has 8 heteroatoms. The molecule has 0 fully saturated rings. The van der Waals surface area contributed by atoms with Crippen molar-refractivity contribution in [1.82, 2.24) is 5.32 Å². The van der Waals surface area contributed by atoms with E-state index in [9.17, 15) is 9.59 Å². The van der Waals surface area contributed by atoms with Gasteiger partial charge in [-0.1, -0.05) is 29.8 Å². The van der Waals surface area contributed by atoms with Crippen LogP contribution in [0.25, 0.3) is 0 Å². The molecule has 4 N–H and O–H groups in total. The van der Waals surface area contributed by atoms with Crippen molar-refractivity contribution in [3.63, 3.8) is 0 Å². The van der Waals surface area contributed by atoms with E-state index in [0.29, 0.717) is 41.0 Å². The highest BCUT2D eigenvalue weighted by Gasteiger charge is 2.20. The van der Waals surface area contributed by atoms with Crippen LogP contribution < -0.4 is 25.8 Å². The Bertz CT molecular complexity index is 829. The van der Waals surface area contributed by atoms with Crippen molar-refractivity contribution >= 4 is 29.2 Å². The number of anilines is 1. The molecule has 1 unspecified atom stereocenters. The zero-order valence-electron chi connectivity index (χ0n) is 15.8. The number of rotatable bonds is 9. The predicted molar refractivity (Wildman–Crippen MR) is 109 cm³/mol. The van der Waals surface area contributed by atoms with Crippen LogP contribution >= 0.6 is 11.6 Å². The van der Waals surface area contributed by atoms with E-state index in [1.165, 1.54) is 0 Å². The maximum absolute atomic E-state index is 12.7. The van der Waals surface area contributed by atoms with Crippen molar-refractivity contribution in [3.8, 4) is 11.5 Å². The smallest absolute Gasteiger partial charge is 0.312 e. The predicted octanol–water partition coefficient (Wildman–Crippen LogP) is 3.88. The van der Waals surface area contributed by atoms with E-state index in [1.807, 2.05) is 13.8 Å². The standard InChI is InChI=1S/C20H24ClN3O4/c1-3-27-13-9-10-18(28-4-2)17(11-13)23-19(25)12-16(24-20(22)26)14-7-5-6-8-15(14)21/h5-11,16H,3-4,12H2,1-2H3,(H,23,25)(H3,22,24,26). The van der Waals surface area contributed by atoms with Crippen LogP contribution in [0, 0.1) is 0 Å². The van der Waals surface area contributed by atoms with Crippen LogP contribution in [0.3, 0.4) is 0 Å². The summed E-state index contributed by atoms with van der Waals surface area (Å²) in [5, 5.41) is 5.80. The van der Waals surface area contributed by atoms with Gasteiger partial charge in [0.25, 0.3) is 0 Å². The molecule has 0 aliphatic heterocycles. The molecule has 0 radical (unpaired) electrons. The van der Waals surface area contributed by atoms with E-state index >= 15 is 0 Å². The first-order chi connectivity index (χ1) is 13.4. The SMILES string of the molecule is CCOc1ccc(OCC)c(NC(=O)CC(NC(N)=O)c2ccccc2Cl)c1. The first kappa shape index (κ1) is 21.4. The summed E-state index contributed by atoms with van der Waals surface area (Å²) in [4.78, 5) is 24.1. The molecule has 0 bridgehead atoms. The third kappa shape index (κ3) is 6.06. The summed E-state index contributed by atoms with van der Waals surface area (Å²) in [6.45, 7) is 4.67. The van der Waals surface area contributed by atoms with Gasteiger partial charge in [0.05, 0.1) is 31.4 Å². The number of amides is 3. The zero-order valence-corrected chi connectivity index (χ0v) is 16.6. The highest BCUT2D eigenvalue weighted by atomic mass is 35.5. The Morgan fingerprint density at radius 1 is 1.11 bits per heavy atom. The lowest BCUT2D eigenvalue weighted by molar-refractivity contribution is -0.116. The molecule has 2 aromatic rings. The van der Waals surface area contributed by atoms with Crippen molar-refractivity contribution in [2.45, 2.75) is 26.3 Å². The van der Waals surface area contributed by atoms with Gasteiger partial charge in [-0.3, -0.25) is 4.79 Å². The van der Waals surface area contributed by atoms with Gasteiger partial charge in [-0.25, -0.2) is 4.79 Å². The maximum atomic E-state index is 12.7. The molecule has 2 aromatic carbocycles. The molecule has 7 nitrogen and oxygen atoms in total. The van der Waals surface area contributed by atoms with Gasteiger partial charge in [0, 0.05) is 11.1 Å². The fourth-order valence-electron chi connectivity index (χ4n) is 2.70. The van der Waals surface area contributed by atoms with E-state index in [-0.39, 0.29) is 12.3 Å². The second kappa shape index (κ2) is 10.4. The number of hydrogen-bond donors (Lipinski definition) is 3. The maximum Gasteiger partial charge on any atom is 0.312 e. The van der Waals surface area contributed by atoms with Crippen LogP contribution in [0.1, 0.15) is 31.9 Å². The third-order valence-electron chi connectivity index (χ3n) is 3.82. The van der Waals surface area contributed by atoms with Crippen LogP contribution in [0.5, 0.6) is 11.5 Å². The molecule has 2 rings (SSSR count). The fraction of sp³-hybridized carbons (Fsp3) is 0.300. The second-order valence-electron chi connectivity index (χ2n) is 5.86. The lowest BCUT2D eigenvalue weighted by Gasteiger charge is -2.19. The summed E-state index contributed by atoms with van der Waals surface area (Å²) in [6, 6.07) is 10.7. The second-order valence-corrected chi connectivity index (χ2v) is 6.27. The molecule has 0 aliphatic carbocycles. The average Bonchev–Trinajstić information content (AvgIpc) is 2.63. The summed E-state index contributed by atoms with van der Waals surface area (Å²) in [6.07, 6.45) is -0.0584. The number of carbonyl (C=O) groups excluding carboxylic acids is 2. The van der Waals surface area contributed by atoms with Crippen molar-refractivity contribution in [3.05, 3.63) is 53.1 Å². The molecule has 0 aliphatic rings. The summed E-state index contributed by atoms with van der Waals surface area (Å²) < 4.78 is 11.0. The number of hydrogen-bond acceptors (Lipinski definition) is 4. The Hall–Kier alpha value is -2.93. The topological polar surface area (TPSA) is 103 Å². The van der Waals surface area contributed by atoms with Gasteiger partial charge in [-0.15, -0.1) is 0 Å². The Morgan fingerprint density at radius 2 is 1.82 bits per heavy atom. The van der Waals surface area contributed by atoms with Gasteiger partial charge >= 0.3 is 6.03 Å². The third-order valence-corrected chi connectivity index (χ3v) is 4.17. The molecule has 0 heterocycles. The number of benzene rings is 2. The van der Waals surface area contributed by atoms with Gasteiger partial charge < -0.3 is 25.8 Å². The molecule has 1 atom stereocenters. The Morgan fingerprint density at radius 3 is 2.46 bits per heavy atom. The highest BCUT2D eigenvalue weighted by Crippen LogP contribution is 2.31. The number of nitrogens with one attached hydrogen (secondary N) is 2. The Kier molecular flexibility index (Phi) is 7.95. The van der Waals surface area contributed by atoms with E-state index in [2.05, 4.69) is 10.6 Å². The fourth-order valence-corrected chi connectivity index (χ4v) is 2.97. The highest BCUT2D eigenvalue weighted by molar-refractivity contribution is 6.31. The summed E-state index contributed by atoms with van der Waals surface area (Å²) in [5.41, 5.74) is 6.35. The van der Waals surface area contributed by atoms with Gasteiger partial charge in [0.2, 0.25) is 5.91 Å². The monoisotopic (exact) mass is 405 g/mol. The first-order valence-electron chi connectivity index (χ1n) is 8.94. The number of urea groups is 1. The molecule has 0 saturated heterocycles. The minimum atomic E-state index is -0.744. The van der Waals surface area contributed by atoms with Crippen molar-refractivity contribution in [2.75, 3.05) is 18.5 Å². The summed E-state index contributed by atoms with van der Waals surface area (Å²) in [7, 11) is 0. The van der Waals surface area contributed by atoms with Crippen LogP contribution in [-0.2, 0) is 4.79 Å². The van der Waals surface area contributed by atoms with E-state index in [1.54, 1.807) is 42.5 Å². The van der Waals surface area contributed by atoms with Crippen molar-refractivity contribution < 1.29 is 19.1 Å². The largest absolute Gasteiger partial charge is 0.494 e. The van der Waals surface area contributed by atoms with Gasteiger partial charge in [-0.2, -0.15) is 0 Å². The molecule has 150 valence electrons. The lowest BCUT2D eigenvalue weighted by atomic mass is 10.0. The van der Waals surface area contributed by atoms with Gasteiger partial charge in [0.1, 0.15) is 11.5 Å². The van der Waals surface area contributed by atoms with Crippen molar-refractivity contribution in [1.29, 1.82) is 0 Å². The van der Waals surface area contributed by atoms with Crippen LogP contribution in [-0.4, -0.2) is 25.2 Å². The summed E-state index contributed by atoms with van der Waals surface area (Å²) in [5.74, 6) is 0.795. The van der Waals surface area contributed by atoms with Gasteiger partial charge in [-0.05, 0) is 37.6 Å². The molecule has 0 spiro atoms. The average molecular weight is 406 g/mol. The van der Waals surface area contributed by atoms with Gasteiger partial charge in [0.15, 0.2) is 0 Å². The number of primary amides is 1. The minimum Gasteiger partial charge on any atom is -0.494 e. The molecule has 0 saturated carbocycles. The van der Waals surface area contributed by atoms with Crippen molar-refractivity contribution in [2.24, 2.45) is 5.73 Å². The number of halogens is 1. The molecular formula is C20H24ClN3O4. The number of nitrogens with two attached hydrogens (primary N) is 1. The van der Waals surface area contributed by atoms with E-state index in [0.717, 1.165) is 0 Å². The Labute approximate surface area is 169 Å². The minimum absolute atomic E-state index is 0.0584. The quantitative estimate of drug-likeness (QED) is 0.589. The summed E-state index contributed by atoms with van der Waals surface area (Å²) >= 11 is 6.21. The molecule has 28 heavy (non-hydrogen) atoms. The van der Waals surface area contributed by atoms with Crippen LogP contribution in [0.4, 0.5) is 10.5 Å². The van der Waals surface area contributed by atoms with Crippen LogP contribution in [0.2, 0.25) is 5.02 Å². The van der Waals surface area contributed by atoms with E-state index < -0.39 is 12.1 Å². The normalized spacial score (nSPS) is 11.4. The molecule has 0 aromatic heterocycles. The molecular weight excluding hydrogens is 382 g/mol. The molecule has 3 amide bonds. The lowest BCUT2D eigenvalue weighted by Crippen LogP contribution is -2.35. The van der Waals surface area contributed by atoms with Crippen LogP contribution in [0.15, 0.2) is 42.5 Å². The number of ether oxygens (including phenoxy) is 2. The zero-order chi connectivity index (χ0) is 20.5. The first-order valence-corrected chi connectivity index (χ1v) is 9.32. The number of carbonyl (C=O) groups is 2. The Balaban J connectivity index is 2.21. The van der Waals surface area contributed by atoms with E-state index in [4.69, 9.17) is 26.8 Å².